The minimum Gasteiger partial charge on any atom is -0.336 e. The zero-order chi connectivity index (χ0) is 13.9. The predicted molar refractivity (Wildman–Crippen MR) is 82.0 cm³/mol. The zero-order valence-electron chi connectivity index (χ0n) is 12.1. The van der Waals surface area contributed by atoms with Gasteiger partial charge in [-0.25, -0.2) is 0 Å². The van der Waals surface area contributed by atoms with Crippen LogP contribution in [-0.2, 0) is 17.8 Å². The van der Waals surface area contributed by atoms with Crippen molar-refractivity contribution in [3.63, 3.8) is 0 Å². The second kappa shape index (κ2) is 6.24. The first-order valence-corrected chi connectivity index (χ1v) is 8.43. The van der Waals surface area contributed by atoms with Crippen molar-refractivity contribution < 1.29 is 4.79 Å². The predicted octanol–water partition coefficient (Wildman–Crippen LogP) is 1.32. The molecular formula is C15H23N3OS. The van der Waals surface area contributed by atoms with Gasteiger partial charge >= 0.3 is 0 Å². The van der Waals surface area contributed by atoms with Crippen LogP contribution in [0.25, 0.3) is 0 Å². The van der Waals surface area contributed by atoms with Gasteiger partial charge in [0.15, 0.2) is 0 Å². The van der Waals surface area contributed by atoms with E-state index in [9.17, 15) is 4.79 Å². The summed E-state index contributed by atoms with van der Waals surface area (Å²) in [5, 5.41) is 5.54. The molecule has 4 nitrogen and oxygen atoms in total. The fourth-order valence-corrected chi connectivity index (χ4v) is 4.07. The van der Waals surface area contributed by atoms with E-state index in [0.29, 0.717) is 18.5 Å². The van der Waals surface area contributed by atoms with Crippen LogP contribution in [0.15, 0.2) is 11.4 Å². The van der Waals surface area contributed by atoms with Crippen LogP contribution in [0.3, 0.4) is 0 Å². The summed E-state index contributed by atoms with van der Waals surface area (Å²) in [4.78, 5) is 18.4. The van der Waals surface area contributed by atoms with Gasteiger partial charge in [-0.15, -0.1) is 11.3 Å². The van der Waals surface area contributed by atoms with Crippen LogP contribution in [0.5, 0.6) is 0 Å². The van der Waals surface area contributed by atoms with Gasteiger partial charge in [-0.2, -0.15) is 0 Å². The van der Waals surface area contributed by atoms with Gasteiger partial charge in [0.05, 0.1) is 6.54 Å². The maximum atomic E-state index is 12.5. The second-order valence-electron chi connectivity index (χ2n) is 5.68. The van der Waals surface area contributed by atoms with Gasteiger partial charge in [0.2, 0.25) is 5.91 Å². The van der Waals surface area contributed by atoms with Crippen LogP contribution in [-0.4, -0.2) is 54.5 Å². The first-order valence-electron chi connectivity index (χ1n) is 7.55. The summed E-state index contributed by atoms with van der Waals surface area (Å²) in [5.74, 6) is 0.303. The monoisotopic (exact) mass is 293 g/mol. The molecule has 0 aromatic carbocycles. The summed E-state index contributed by atoms with van der Waals surface area (Å²) in [6, 6.07) is 2.58. The molecule has 0 radical (unpaired) electrons. The highest BCUT2D eigenvalue weighted by Crippen LogP contribution is 2.24. The maximum Gasteiger partial charge on any atom is 0.237 e. The number of fused-ring (bicyclic) bond motifs is 1. The average molecular weight is 293 g/mol. The number of carbonyl (C=O) groups excluding carboxylic acids is 1. The van der Waals surface area contributed by atoms with Crippen LogP contribution in [0.2, 0.25) is 0 Å². The molecule has 1 saturated heterocycles. The van der Waals surface area contributed by atoms with E-state index < -0.39 is 0 Å². The standard InChI is InChI=1S/C15H23N3OS/c1-2-13-9-16-5-7-18(13)15(19)11-17-6-3-14-12(10-17)4-8-20-14/h4,8,13,16H,2-3,5-7,9-11H2,1H3. The van der Waals surface area contributed by atoms with Gasteiger partial charge in [-0.3, -0.25) is 9.69 Å². The molecule has 0 aliphatic carbocycles. The summed E-state index contributed by atoms with van der Waals surface area (Å²) in [6.07, 6.45) is 2.13. The van der Waals surface area contributed by atoms with Gasteiger partial charge in [-0.1, -0.05) is 6.92 Å². The maximum absolute atomic E-state index is 12.5. The lowest BCUT2D eigenvalue weighted by atomic mass is 10.1. The molecule has 5 heteroatoms. The van der Waals surface area contributed by atoms with E-state index in [1.54, 1.807) is 0 Å². The largest absolute Gasteiger partial charge is 0.336 e. The molecule has 3 heterocycles. The molecule has 1 atom stereocenters. The van der Waals surface area contributed by atoms with Gasteiger partial charge in [0.25, 0.3) is 0 Å². The van der Waals surface area contributed by atoms with Crippen LogP contribution in [0.1, 0.15) is 23.8 Å². The molecule has 1 aromatic rings. The normalized spacial score (nSPS) is 23.6. The minimum absolute atomic E-state index is 0.303. The lowest BCUT2D eigenvalue weighted by Crippen LogP contribution is -2.55. The SMILES string of the molecule is CCC1CNCCN1C(=O)CN1CCc2sccc2C1. The highest BCUT2D eigenvalue weighted by Gasteiger charge is 2.27. The highest BCUT2D eigenvalue weighted by atomic mass is 32.1. The van der Waals surface area contributed by atoms with Crippen molar-refractivity contribution in [2.24, 2.45) is 0 Å². The Morgan fingerprint density at radius 1 is 1.50 bits per heavy atom. The molecule has 2 aliphatic rings. The summed E-state index contributed by atoms with van der Waals surface area (Å²) >= 11 is 1.85. The van der Waals surface area contributed by atoms with Gasteiger partial charge < -0.3 is 10.2 Å². The Hall–Kier alpha value is -0.910. The minimum atomic E-state index is 0.303. The molecule has 110 valence electrons. The Morgan fingerprint density at radius 3 is 3.25 bits per heavy atom. The lowest BCUT2D eigenvalue weighted by molar-refractivity contribution is -0.135. The number of hydrogen-bond donors (Lipinski definition) is 1. The zero-order valence-corrected chi connectivity index (χ0v) is 12.9. The van der Waals surface area contributed by atoms with Gasteiger partial charge in [0.1, 0.15) is 0 Å². The quantitative estimate of drug-likeness (QED) is 0.913. The molecule has 1 unspecified atom stereocenters. The fraction of sp³-hybridized carbons (Fsp3) is 0.667. The summed E-state index contributed by atoms with van der Waals surface area (Å²) in [7, 11) is 0. The van der Waals surface area contributed by atoms with Crippen LogP contribution in [0, 0.1) is 0 Å². The first kappa shape index (κ1) is 14.0. The summed E-state index contributed by atoms with van der Waals surface area (Å²) in [6.45, 7) is 7.42. The number of nitrogens with zero attached hydrogens (tertiary/aromatic N) is 2. The van der Waals surface area contributed by atoms with E-state index >= 15 is 0 Å². The Bertz CT molecular complexity index is 473. The molecule has 1 aromatic heterocycles. The molecule has 20 heavy (non-hydrogen) atoms. The third-order valence-electron chi connectivity index (χ3n) is 4.39. The Balaban J connectivity index is 1.59. The van der Waals surface area contributed by atoms with Crippen LogP contribution < -0.4 is 5.32 Å². The fourth-order valence-electron chi connectivity index (χ4n) is 3.18. The van der Waals surface area contributed by atoms with Gasteiger partial charge in [0, 0.05) is 43.6 Å². The Labute approximate surface area is 124 Å². The molecule has 1 fully saturated rings. The van der Waals surface area contributed by atoms with E-state index in [0.717, 1.165) is 45.6 Å². The van der Waals surface area contributed by atoms with Crippen molar-refractivity contribution in [3.05, 3.63) is 21.9 Å². The van der Waals surface area contributed by atoms with E-state index in [-0.39, 0.29) is 0 Å². The van der Waals surface area contributed by atoms with E-state index in [1.165, 1.54) is 10.4 Å². The molecular weight excluding hydrogens is 270 g/mol. The van der Waals surface area contributed by atoms with E-state index in [1.807, 2.05) is 11.3 Å². The number of piperazine rings is 1. The number of carbonyl (C=O) groups is 1. The van der Waals surface area contributed by atoms with Crippen molar-refractivity contribution in [1.29, 1.82) is 0 Å². The number of thiophene rings is 1. The molecule has 3 rings (SSSR count). The van der Waals surface area contributed by atoms with Crippen molar-refractivity contribution in [1.82, 2.24) is 15.1 Å². The molecule has 1 amide bonds. The summed E-state index contributed by atoms with van der Waals surface area (Å²) < 4.78 is 0. The smallest absolute Gasteiger partial charge is 0.237 e. The Morgan fingerprint density at radius 2 is 2.40 bits per heavy atom. The topological polar surface area (TPSA) is 35.6 Å². The van der Waals surface area contributed by atoms with E-state index in [2.05, 4.69) is 33.5 Å². The Kier molecular flexibility index (Phi) is 4.38. The van der Waals surface area contributed by atoms with Crippen molar-refractivity contribution in [2.75, 3.05) is 32.7 Å². The number of rotatable bonds is 3. The van der Waals surface area contributed by atoms with Crippen molar-refractivity contribution in [2.45, 2.75) is 32.4 Å². The third kappa shape index (κ3) is 2.90. The average Bonchev–Trinajstić information content (AvgIpc) is 2.94. The van der Waals surface area contributed by atoms with Gasteiger partial charge in [-0.05, 0) is 29.9 Å². The van der Waals surface area contributed by atoms with Crippen LogP contribution in [0.4, 0.5) is 0 Å². The number of hydrogen-bond acceptors (Lipinski definition) is 4. The number of amides is 1. The molecule has 0 spiro atoms. The second-order valence-corrected chi connectivity index (χ2v) is 6.68. The lowest BCUT2D eigenvalue weighted by Gasteiger charge is -2.37. The van der Waals surface area contributed by atoms with Crippen molar-refractivity contribution in [3.8, 4) is 0 Å². The molecule has 0 bridgehead atoms. The van der Waals surface area contributed by atoms with Crippen molar-refractivity contribution >= 4 is 17.2 Å². The number of nitrogens with one attached hydrogen (secondary N) is 1. The van der Waals surface area contributed by atoms with Crippen LogP contribution >= 0.6 is 11.3 Å². The first-order chi connectivity index (χ1) is 9.78. The van der Waals surface area contributed by atoms with E-state index in [4.69, 9.17) is 0 Å². The molecule has 1 N–H and O–H groups in total. The highest BCUT2D eigenvalue weighted by molar-refractivity contribution is 7.10. The molecule has 2 aliphatic heterocycles. The molecule has 0 saturated carbocycles. The third-order valence-corrected chi connectivity index (χ3v) is 5.41. The summed E-state index contributed by atoms with van der Waals surface area (Å²) in [5.41, 5.74) is 1.42.